The zero-order chi connectivity index (χ0) is 76.1. The van der Waals surface area contributed by atoms with Gasteiger partial charge < -0.3 is 40.6 Å². The second-order valence-corrected chi connectivity index (χ2v) is 25.0. The maximum atomic E-state index is 15.3. The van der Waals surface area contributed by atoms with Gasteiger partial charge in [-0.1, -0.05) is 72.8 Å². The lowest BCUT2D eigenvalue weighted by Gasteiger charge is -2.37. The number of alkyl halides is 11. The van der Waals surface area contributed by atoms with Gasteiger partial charge in [-0.3, -0.25) is 9.59 Å². The Bertz CT molecular complexity index is 4260. The van der Waals surface area contributed by atoms with E-state index in [0.717, 1.165) is 42.5 Å². The predicted molar refractivity (Wildman–Crippen MR) is 341 cm³/mol. The molecule has 3 amide bonds. The molecule has 0 aliphatic heterocycles. The Kier molecular flexibility index (Phi) is 26.4. The molecular formula is C72H64ClF17N4O8. The summed E-state index contributed by atoms with van der Waals surface area (Å²) in [7, 11) is 0. The molecule has 12 nitrogen and oxygen atoms in total. The summed E-state index contributed by atoms with van der Waals surface area (Å²) < 4.78 is 253. The first kappa shape index (κ1) is 81.1. The molecule has 30 heteroatoms. The molecule has 8 aromatic carbocycles. The van der Waals surface area contributed by atoms with Crippen LogP contribution < -0.4 is 31.2 Å². The predicted octanol–water partition coefficient (Wildman–Crippen LogP) is 18.5. The van der Waals surface area contributed by atoms with E-state index in [2.05, 4.69) is 25.4 Å². The minimum absolute atomic E-state index is 0.0124. The molecule has 0 bridgehead atoms. The number of halogens is 18. The van der Waals surface area contributed by atoms with Crippen molar-refractivity contribution < 1.29 is 113 Å². The lowest BCUT2D eigenvalue weighted by Crippen LogP contribution is -2.49. The lowest BCUT2D eigenvalue weighted by molar-refractivity contribution is -0.253. The molecule has 102 heavy (non-hydrogen) atoms. The molecule has 8 rings (SSSR count). The molecule has 0 radical (unpaired) electrons. The number of benzene rings is 8. The maximum Gasteiger partial charge on any atom is 0.461 e. The van der Waals surface area contributed by atoms with Crippen LogP contribution in [-0.2, 0) is 52.7 Å². The number of rotatable bonds is 21. The van der Waals surface area contributed by atoms with Gasteiger partial charge in [0.1, 0.15) is 57.6 Å². The van der Waals surface area contributed by atoms with Crippen molar-refractivity contribution in [3.05, 3.63) is 272 Å². The van der Waals surface area contributed by atoms with Crippen molar-refractivity contribution in [2.75, 3.05) is 0 Å². The zero-order valence-electron chi connectivity index (χ0n) is 54.8. The Labute approximate surface area is 578 Å². The average molecular weight is 1470 g/mol. The van der Waals surface area contributed by atoms with Crippen LogP contribution >= 0.6 is 11.6 Å². The number of ether oxygens (including phenoxy) is 4. The number of nitrogens with two attached hydrogens (primary N) is 1. The van der Waals surface area contributed by atoms with Gasteiger partial charge in [-0.15, -0.1) is 0 Å². The van der Waals surface area contributed by atoms with E-state index in [1.807, 2.05) is 0 Å². The third-order valence-electron chi connectivity index (χ3n) is 14.4. The van der Waals surface area contributed by atoms with Crippen LogP contribution in [0.2, 0.25) is 0 Å². The lowest BCUT2D eigenvalue weighted by atomic mass is 9.77. The van der Waals surface area contributed by atoms with E-state index < -0.39 is 147 Å². The zero-order valence-corrected chi connectivity index (χ0v) is 55.6. The van der Waals surface area contributed by atoms with E-state index in [4.69, 9.17) is 26.8 Å². The fourth-order valence-corrected chi connectivity index (χ4v) is 9.86. The number of carbonyl (C=O) groups excluding carboxylic acids is 4. The summed E-state index contributed by atoms with van der Waals surface area (Å²) in [6.07, 6.45) is -26.0. The molecule has 0 unspecified atom stereocenters. The molecule has 2 atom stereocenters. The molecular weight excluding hydrogens is 1410 g/mol. The van der Waals surface area contributed by atoms with E-state index in [1.54, 1.807) is 97.0 Å². The highest BCUT2D eigenvalue weighted by Gasteiger charge is 2.47. The van der Waals surface area contributed by atoms with E-state index in [9.17, 15) is 85.0 Å². The number of amides is 3. The highest BCUT2D eigenvalue weighted by atomic mass is 35.5. The molecule has 0 aliphatic rings. The third kappa shape index (κ3) is 22.8. The van der Waals surface area contributed by atoms with Gasteiger partial charge in [0.15, 0.2) is 0 Å². The molecule has 0 aliphatic carbocycles. The minimum Gasteiger partial charge on any atom is -0.444 e. The van der Waals surface area contributed by atoms with Gasteiger partial charge in [-0.25, -0.2) is 35.9 Å². The SMILES string of the molecule is CC(C)(C)OC(=O)NCc1cc([C@@](Cc2ccccc2)(NC(=O)c2ccc(F)c(C(F)(F)F)c2)c2cc(F)cc(OC(F)(F)C(F)F)c2)ccc1F.CC(C)(C)OC(=O)NCc1cc([C@](N)(Cc2ccccc2)c2cc(F)cc(OC(F)(F)C(F)F)c2)ccc1F.Cc1cc(C(=O)Cl)ccc1F. The Morgan fingerprint density at radius 1 is 0.471 bits per heavy atom. The molecule has 5 N–H and O–H groups in total. The summed E-state index contributed by atoms with van der Waals surface area (Å²) >= 11 is 5.17. The molecule has 546 valence electrons. The number of alkyl carbamates (subject to hydrolysis) is 2. The Morgan fingerprint density at radius 2 is 0.892 bits per heavy atom. The van der Waals surface area contributed by atoms with Gasteiger partial charge in [0, 0.05) is 53.9 Å². The van der Waals surface area contributed by atoms with Gasteiger partial charge in [-0.05, 0) is 190 Å². The smallest absolute Gasteiger partial charge is 0.444 e. The Balaban J connectivity index is 0.000000286. The van der Waals surface area contributed by atoms with Crippen molar-refractivity contribution in [3.63, 3.8) is 0 Å². The van der Waals surface area contributed by atoms with Crippen molar-refractivity contribution in [2.45, 2.75) is 128 Å². The van der Waals surface area contributed by atoms with Crippen molar-refractivity contribution >= 4 is 34.9 Å². The maximum absolute atomic E-state index is 15.3. The second-order valence-electron chi connectivity index (χ2n) is 24.7. The summed E-state index contributed by atoms with van der Waals surface area (Å²) in [4.78, 5) is 48.9. The van der Waals surface area contributed by atoms with Gasteiger partial charge in [0.2, 0.25) is 0 Å². The number of carbonyl (C=O) groups is 4. The number of nitrogens with one attached hydrogen (secondary N) is 3. The average Bonchev–Trinajstić information content (AvgIpc) is 0.760. The van der Waals surface area contributed by atoms with Gasteiger partial charge in [-0.2, -0.15) is 48.3 Å². The molecule has 0 fully saturated rings. The standard InChI is InChI=1S/C36H30F10N2O4.C28H28F6N2O3.C8H6ClFO/c1-33(2,3)52-32(50)47-19-22-13-23(10-12-28(22)38)34(18-20-7-5-4-6-8-20,24-15-25(37)17-26(16-24)51-36(45,46)31(40)41)48-30(49)21-9-11-29(39)27(14-21)35(42,43)44;1-26(2,3)39-25(37)36-16-18-11-19(9-10-23(18)30)27(35,15-17-7-5-4-6-8-17)20-12-21(29)14-22(13-20)38-28(33,34)24(31)32;1-5-4-6(8(9)11)2-3-7(5)10/h4-17,31H,18-19H2,1-3H3,(H,47,50)(H,48,49);4-14,24H,15-16,35H2,1-3H3,(H,36,37);2-4H,1H3/t34-;27-;/m11./s1. The molecule has 0 spiro atoms. The van der Waals surface area contributed by atoms with Crippen LogP contribution in [0, 0.1) is 41.8 Å². The fourth-order valence-electron chi connectivity index (χ4n) is 9.74. The van der Waals surface area contributed by atoms with Crippen LogP contribution in [0.15, 0.2) is 170 Å². The normalized spacial score (nSPS) is 13.1. The summed E-state index contributed by atoms with van der Waals surface area (Å²) in [5, 5.41) is 6.71. The van der Waals surface area contributed by atoms with Gasteiger partial charge in [0.05, 0.1) is 16.6 Å². The Hall–Kier alpha value is -9.90. The topological polar surface area (TPSA) is 167 Å². The van der Waals surface area contributed by atoms with Crippen molar-refractivity contribution in [1.82, 2.24) is 16.0 Å². The van der Waals surface area contributed by atoms with Crippen LogP contribution in [0.4, 0.5) is 84.2 Å². The van der Waals surface area contributed by atoms with Crippen LogP contribution in [0.25, 0.3) is 0 Å². The van der Waals surface area contributed by atoms with Crippen LogP contribution in [-0.4, -0.2) is 59.6 Å². The number of hydrogen-bond acceptors (Lipinski definition) is 9. The molecule has 0 saturated carbocycles. The fraction of sp³-hybridized carbons (Fsp3) is 0.278. The van der Waals surface area contributed by atoms with Crippen molar-refractivity contribution in [3.8, 4) is 11.5 Å². The monoisotopic (exact) mass is 1470 g/mol. The van der Waals surface area contributed by atoms with Gasteiger partial charge in [0.25, 0.3) is 11.1 Å². The minimum atomic E-state index is -5.24. The molecule has 0 saturated heterocycles. The number of aryl methyl sites for hydroxylation is 1. The highest BCUT2D eigenvalue weighted by molar-refractivity contribution is 6.67. The van der Waals surface area contributed by atoms with Crippen LogP contribution in [0.3, 0.4) is 0 Å². The highest BCUT2D eigenvalue weighted by Crippen LogP contribution is 2.41. The van der Waals surface area contributed by atoms with E-state index in [0.29, 0.717) is 52.6 Å². The summed E-state index contributed by atoms with van der Waals surface area (Å²) in [6, 6.07) is 32.7. The van der Waals surface area contributed by atoms with Gasteiger partial charge >= 0.3 is 43.4 Å². The van der Waals surface area contributed by atoms with Crippen molar-refractivity contribution in [2.24, 2.45) is 5.73 Å². The van der Waals surface area contributed by atoms with E-state index >= 15 is 8.78 Å². The third-order valence-corrected chi connectivity index (χ3v) is 14.6. The summed E-state index contributed by atoms with van der Waals surface area (Å²) in [6.45, 7) is 10.5. The summed E-state index contributed by atoms with van der Waals surface area (Å²) in [5.74, 6) is -9.36. The van der Waals surface area contributed by atoms with E-state index in [1.165, 1.54) is 42.5 Å². The van der Waals surface area contributed by atoms with E-state index in [-0.39, 0.29) is 52.7 Å². The molecule has 0 aromatic heterocycles. The molecule has 8 aromatic rings. The first-order valence-corrected chi connectivity index (χ1v) is 30.5. The van der Waals surface area contributed by atoms with Crippen LogP contribution in [0.5, 0.6) is 11.5 Å². The molecule has 0 heterocycles. The second kappa shape index (κ2) is 33.3. The van der Waals surface area contributed by atoms with Crippen LogP contribution in [0.1, 0.15) is 118 Å². The first-order chi connectivity index (χ1) is 47.3. The summed E-state index contributed by atoms with van der Waals surface area (Å²) in [5.41, 5.74) is -0.396. The largest absolute Gasteiger partial charge is 0.461 e. The Morgan fingerprint density at radius 3 is 1.34 bits per heavy atom. The quantitative estimate of drug-likeness (QED) is 0.0404. The van der Waals surface area contributed by atoms with Crippen molar-refractivity contribution in [1.29, 1.82) is 0 Å². The number of hydrogen-bond donors (Lipinski definition) is 4. The first-order valence-electron chi connectivity index (χ1n) is 30.2.